The van der Waals surface area contributed by atoms with E-state index in [0.29, 0.717) is 6.54 Å². The molecule has 122 valence electrons. The van der Waals surface area contributed by atoms with Gasteiger partial charge in [0.15, 0.2) is 0 Å². The molecule has 1 aromatic rings. The molecular weight excluding hydrogens is 278 g/mol. The van der Waals surface area contributed by atoms with Crippen molar-refractivity contribution in [1.29, 1.82) is 0 Å². The first-order valence-electron chi connectivity index (χ1n) is 8.01. The minimum absolute atomic E-state index is 0.0897. The first kappa shape index (κ1) is 16.6. The van der Waals surface area contributed by atoms with Gasteiger partial charge in [-0.15, -0.1) is 0 Å². The summed E-state index contributed by atoms with van der Waals surface area (Å²) in [5.74, 6) is 0.191. The Morgan fingerprint density at radius 1 is 1.32 bits per heavy atom. The lowest BCUT2D eigenvalue weighted by molar-refractivity contribution is 0.153. The van der Waals surface area contributed by atoms with Crippen LogP contribution in [0.15, 0.2) is 24.3 Å². The number of carbonyl (C=O) groups excluding carboxylic acids is 1. The summed E-state index contributed by atoms with van der Waals surface area (Å²) < 4.78 is 0. The molecule has 0 saturated heterocycles. The third kappa shape index (κ3) is 4.63. The Balaban J connectivity index is 1.83. The van der Waals surface area contributed by atoms with E-state index in [4.69, 9.17) is 0 Å². The van der Waals surface area contributed by atoms with Crippen LogP contribution in [-0.2, 0) is 6.54 Å². The van der Waals surface area contributed by atoms with Crippen LogP contribution in [0.2, 0.25) is 0 Å². The molecular formula is C17H27N3O2. The average molecular weight is 305 g/mol. The van der Waals surface area contributed by atoms with Crippen molar-refractivity contribution in [3.8, 4) is 0 Å². The highest BCUT2D eigenvalue weighted by Gasteiger charge is 2.25. The summed E-state index contributed by atoms with van der Waals surface area (Å²) in [6, 6.07) is 8.04. The highest BCUT2D eigenvalue weighted by Crippen LogP contribution is 2.23. The number of nitrogens with one attached hydrogen (secondary N) is 2. The largest absolute Gasteiger partial charge is 0.396 e. The van der Waals surface area contributed by atoms with Crippen LogP contribution in [0.5, 0.6) is 0 Å². The molecule has 1 fully saturated rings. The fourth-order valence-corrected chi connectivity index (χ4v) is 2.96. The molecule has 22 heavy (non-hydrogen) atoms. The number of amides is 2. The normalized spacial score (nSPS) is 21.2. The van der Waals surface area contributed by atoms with Crippen LogP contribution in [0.1, 0.15) is 31.2 Å². The highest BCUT2D eigenvalue weighted by atomic mass is 16.3. The van der Waals surface area contributed by atoms with Gasteiger partial charge >= 0.3 is 6.03 Å². The van der Waals surface area contributed by atoms with Crippen molar-refractivity contribution < 1.29 is 9.90 Å². The standard InChI is InChI=1S/C17H27N3O2/c1-20(2)15-8-5-6-13(10-15)11-18-17(22)19-16-9-4-3-7-14(16)12-21/h5-6,8,10,14,16,21H,3-4,7,9,11-12H2,1-2H3,(H2,18,19,22). The van der Waals surface area contributed by atoms with Crippen LogP contribution >= 0.6 is 0 Å². The second kappa shape index (κ2) is 8.03. The van der Waals surface area contributed by atoms with E-state index in [1.54, 1.807) is 0 Å². The number of benzene rings is 1. The molecule has 0 aromatic heterocycles. The summed E-state index contributed by atoms with van der Waals surface area (Å²) in [4.78, 5) is 14.1. The zero-order valence-electron chi connectivity index (χ0n) is 13.5. The Kier molecular flexibility index (Phi) is 6.07. The third-order valence-electron chi connectivity index (χ3n) is 4.34. The summed E-state index contributed by atoms with van der Waals surface area (Å²) in [5.41, 5.74) is 2.19. The van der Waals surface area contributed by atoms with E-state index in [-0.39, 0.29) is 24.6 Å². The first-order chi connectivity index (χ1) is 10.6. The lowest BCUT2D eigenvalue weighted by Gasteiger charge is -2.30. The molecule has 5 nitrogen and oxygen atoms in total. The molecule has 2 unspecified atom stereocenters. The Morgan fingerprint density at radius 3 is 2.82 bits per heavy atom. The fraction of sp³-hybridized carbons (Fsp3) is 0.588. The summed E-state index contributed by atoms with van der Waals surface area (Å²) >= 11 is 0. The van der Waals surface area contributed by atoms with Gasteiger partial charge in [0.2, 0.25) is 0 Å². The van der Waals surface area contributed by atoms with Gasteiger partial charge in [0.05, 0.1) is 0 Å². The van der Waals surface area contributed by atoms with E-state index in [2.05, 4.69) is 16.7 Å². The summed E-state index contributed by atoms with van der Waals surface area (Å²) in [7, 11) is 3.99. The van der Waals surface area contributed by atoms with Crippen LogP contribution < -0.4 is 15.5 Å². The maximum Gasteiger partial charge on any atom is 0.315 e. The van der Waals surface area contributed by atoms with Gasteiger partial charge in [-0.1, -0.05) is 25.0 Å². The van der Waals surface area contributed by atoms with E-state index in [9.17, 15) is 9.90 Å². The van der Waals surface area contributed by atoms with E-state index in [1.807, 2.05) is 37.2 Å². The van der Waals surface area contributed by atoms with Gasteiger partial charge < -0.3 is 20.6 Å². The van der Waals surface area contributed by atoms with E-state index >= 15 is 0 Å². The van der Waals surface area contributed by atoms with Gasteiger partial charge in [0.1, 0.15) is 0 Å². The van der Waals surface area contributed by atoms with Crippen LogP contribution in [0.25, 0.3) is 0 Å². The average Bonchev–Trinajstić information content (AvgIpc) is 2.53. The number of urea groups is 1. The maximum absolute atomic E-state index is 12.1. The van der Waals surface area contributed by atoms with Crippen molar-refractivity contribution >= 4 is 11.7 Å². The second-order valence-electron chi connectivity index (χ2n) is 6.22. The molecule has 3 N–H and O–H groups in total. The summed E-state index contributed by atoms with van der Waals surface area (Å²) in [6.07, 6.45) is 4.20. The monoisotopic (exact) mass is 305 g/mol. The van der Waals surface area contributed by atoms with Gasteiger partial charge in [-0.3, -0.25) is 0 Å². The molecule has 5 heteroatoms. The molecule has 1 aliphatic rings. The number of anilines is 1. The smallest absolute Gasteiger partial charge is 0.315 e. The lowest BCUT2D eigenvalue weighted by Crippen LogP contribution is -2.47. The van der Waals surface area contributed by atoms with Crippen LogP contribution in [0.3, 0.4) is 0 Å². The maximum atomic E-state index is 12.1. The minimum Gasteiger partial charge on any atom is -0.396 e. The SMILES string of the molecule is CN(C)c1cccc(CNC(=O)NC2CCCCC2CO)c1. The molecule has 0 bridgehead atoms. The van der Waals surface area contributed by atoms with Gasteiger partial charge in [-0.2, -0.15) is 0 Å². The molecule has 1 aliphatic carbocycles. The second-order valence-corrected chi connectivity index (χ2v) is 6.22. The minimum atomic E-state index is -0.152. The summed E-state index contributed by atoms with van der Waals surface area (Å²) in [6.45, 7) is 0.653. The van der Waals surface area contributed by atoms with E-state index < -0.39 is 0 Å². The van der Waals surface area contributed by atoms with Crippen molar-refractivity contribution in [2.45, 2.75) is 38.3 Å². The van der Waals surface area contributed by atoms with Crippen molar-refractivity contribution in [3.05, 3.63) is 29.8 Å². The lowest BCUT2D eigenvalue weighted by atomic mass is 9.85. The van der Waals surface area contributed by atoms with E-state index in [1.165, 1.54) is 0 Å². The number of hydrogen-bond acceptors (Lipinski definition) is 3. The number of hydrogen-bond donors (Lipinski definition) is 3. The molecule has 2 atom stereocenters. The van der Waals surface area contributed by atoms with Gasteiger partial charge in [0, 0.05) is 44.9 Å². The van der Waals surface area contributed by atoms with Crippen LogP contribution in [0.4, 0.5) is 10.5 Å². The molecule has 2 amide bonds. The van der Waals surface area contributed by atoms with Gasteiger partial charge in [-0.25, -0.2) is 4.79 Å². The van der Waals surface area contributed by atoms with Crippen molar-refractivity contribution in [2.75, 3.05) is 25.6 Å². The highest BCUT2D eigenvalue weighted by molar-refractivity contribution is 5.74. The zero-order valence-corrected chi connectivity index (χ0v) is 13.5. The Hall–Kier alpha value is -1.75. The van der Waals surface area contributed by atoms with Crippen molar-refractivity contribution in [3.63, 3.8) is 0 Å². The van der Waals surface area contributed by atoms with Crippen LogP contribution in [0, 0.1) is 5.92 Å². The molecule has 0 radical (unpaired) electrons. The predicted molar refractivity (Wildman–Crippen MR) is 89.0 cm³/mol. The number of rotatable bonds is 5. The number of aliphatic hydroxyl groups is 1. The number of aliphatic hydroxyl groups excluding tert-OH is 1. The molecule has 1 aromatic carbocycles. The Bertz CT molecular complexity index is 491. The molecule has 0 spiro atoms. The Morgan fingerprint density at radius 2 is 2.09 bits per heavy atom. The molecule has 2 rings (SSSR count). The van der Waals surface area contributed by atoms with Gasteiger partial charge in [-0.05, 0) is 30.5 Å². The van der Waals surface area contributed by atoms with Crippen molar-refractivity contribution in [2.24, 2.45) is 5.92 Å². The van der Waals surface area contributed by atoms with Crippen molar-refractivity contribution in [1.82, 2.24) is 10.6 Å². The first-order valence-corrected chi connectivity index (χ1v) is 8.01. The molecule has 0 heterocycles. The predicted octanol–water partition coefficient (Wildman–Crippen LogP) is 2.10. The topological polar surface area (TPSA) is 64.6 Å². The van der Waals surface area contributed by atoms with Gasteiger partial charge in [0.25, 0.3) is 0 Å². The number of carbonyl (C=O) groups is 1. The Labute approximate surface area is 132 Å². The van der Waals surface area contributed by atoms with Crippen LogP contribution in [-0.4, -0.2) is 37.9 Å². The molecule has 0 aliphatic heterocycles. The third-order valence-corrected chi connectivity index (χ3v) is 4.34. The quantitative estimate of drug-likeness (QED) is 0.780. The molecule has 1 saturated carbocycles. The van der Waals surface area contributed by atoms with E-state index in [0.717, 1.165) is 36.9 Å². The zero-order chi connectivity index (χ0) is 15.9. The fourth-order valence-electron chi connectivity index (χ4n) is 2.96. The summed E-state index contributed by atoms with van der Waals surface area (Å²) in [5, 5.41) is 15.3. The number of nitrogens with zero attached hydrogens (tertiary/aromatic N) is 1.